The summed E-state index contributed by atoms with van der Waals surface area (Å²) in [6, 6.07) is 22.3. The molecule has 0 saturated carbocycles. The summed E-state index contributed by atoms with van der Waals surface area (Å²) in [4.78, 5) is 0. The van der Waals surface area contributed by atoms with E-state index in [1.54, 1.807) is 0 Å². The number of ether oxygens (including phenoxy) is 2. The van der Waals surface area contributed by atoms with Crippen LogP contribution in [0.1, 0.15) is 23.7 Å². The maximum atomic E-state index is 6.33. The van der Waals surface area contributed by atoms with Crippen molar-refractivity contribution in [3.8, 4) is 0 Å². The van der Waals surface area contributed by atoms with Crippen molar-refractivity contribution >= 4 is 9.76 Å². The van der Waals surface area contributed by atoms with Gasteiger partial charge in [0.2, 0.25) is 0 Å². The van der Waals surface area contributed by atoms with Crippen LogP contribution in [0.3, 0.4) is 0 Å². The van der Waals surface area contributed by atoms with Gasteiger partial charge < -0.3 is 13.9 Å². The van der Waals surface area contributed by atoms with Crippen LogP contribution in [0.4, 0.5) is 0 Å². The molecule has 1 saturated heterocycles. The van der Waals surface area contributed by atoms with Crippen molar-refractivity contribution < 1.29 is 13.9 Å². The van der Waals surface area contributed by atoms with Crippen molar-refractivity contribution in [1.82, 2.24) is 0 Å². The van der Waals surface area contributed by atoms with Crippen molar-refractivity contribution in [3.63, 3.8) is 0 Å². The van der Waals surface area contributed by atoms with Gasteiger partial charge in [-0.15, -0.1) is 0 Å². The second-order valence-corrected chi connectivity index (χ2v) is 7.65. The molecule has 2 atom stereocenters. The third-order valence-corrected chi connectivity index (χ3v) is 5.57. The Morgan fingerprint density at radius 3 is 2.46 bits per heavy atom. The van der Waals surface area contributed by atoms with Crippen LogP contribution in [0.15, 0.2) is 60.7 Å². The van der Waals surface area contributed by atoms with Gasteiger partial charge in [0.1, 0.15) is 6.10 Å². The quantitative estimate of drug-likeness (QED) is 0.357. The highest BCUT2D eigenvalue weighted by molar-refractivity contribution is 6.27. The lowest BCUT2D eigenvalue weighted by molar-refractivity contribution is 0.116. The molecule has 1 heterocycles. The van der Waals surface area contributed by atoms with Crippen LogP contribution in [0, 0.1) is 0 Å². The molecular formula is C20H26O3Si. The number of benzene rings is 2. The number of hydrogen-bond acceptors (Lipinski definition) is 3. The van der Waals surface area contributed by atoms with Crippen LogP contribution in [0.25, 0.3) is 0 Å². The highest BCUT2D eigenvalue weighted by Crippen LogP contribution is 2.22. The standard InChI is InChI=1S/C20H26O3Si/c1-3-8-17(9-4-1)14-20(18-10-5-2-6-11-18)23-24-13-7-12-21-15-19-16-22-19/h1-6,8-11,19-20H,7,12-16,24H2. The summed E-state index contributed by atoms with van der Waals surface area (Å²) in [5.74, 6) is 0. The van der Waals surface area contributed by atoms with Gasteiger partial charge >= 0.3 is 0 Å². The van der Waals surface area contributed by atoms with Gasteiger partial charge in [-0.1, -0.05) is 60.7 Å². The third kappa shape index (κ3) is 6.21. The van der Waals surface area contributed by atoms with Crippen LogP contribution in [0.2, 0.25) is 6.04 Å². The Bertz CT molecular complexity index is 572. The van der Waals surface area contributed by atoms with E-state index in [1.165, 1.54) is 11.1 Å². The number of epoxide rings is 1. The first-order chi connectivity index (χ1) is 11.9. The van der Waals surface area contributed by atoms with Gasteiger partial charge in [0.15, 0.2) is 9.76 Å². The van der Waals surface area contributed by atoms with Crippen LogP contribution in [0.5, 0.6) is 0 Å². The van der Waals surface area contributed by atoms with Gasteiger partial charge in [0.05, 0.1) is 19.3 Å². The number of rotatable bonds is 11. The molecule has 0 aromatic heterocycles. The minimum atomic E-state index is -0.539. The lowest BCUT2D eigenvalue weighted by Crippen LogP contribution is -2.12. The molecule has 0 N–H and O–H groups in total. The first kappa shape index (κ1) is 17.4. The predicted octanol–water partition coefficient (Wildman–Crippen LogP) is 3.29. The molecule has 2 aromatic rings. The summed E-state index contributed by atoms with van der Waals surface area (Å²) >= 11 is 0. The van der Waals surface area contributed by atoms with Gasteiger partial charge in [-0.05, 0) is 23.6 Å². The van der Waals surface area contributed by atoms with Gasteiger partial charge in [-0.25, -0.2) is 0 Å². The Labute approximate surface area is 146 Å². The SMILES string of the molecule is c1ccc(CC(O[SiH2]CCCOCC2CO2)c2ccccc2)cc1. The fraction of sp³-hybridized carbons (Fsp3) is 0.400. The van der Waals surface area contributed by atoms with Crippen LogP contribution in [-0.4, -0.2) is 35.7 Å². The first-order valence-electron chi connectivity index (χ1n) is 8.81. The molecule has 0 aliphatic carbocycles. The van der Waals surface area contributed by atoms with Crippen molar-refractivity contribution in [3.05, 3.63) is 71.8 Å². The Hall–Kier alpha value is -1.46. The largest absolute Gasteiger partial charge is 0.417 e. The van der Waals surface area contributed by atoms with Crippen LogP contribution < -0.4 is 0 Å². The van der Waals surface area contributed by atoms with Crippen molar-refractivity contribution in [1.29, 1.82) is 0 Å². The van der Waals surface area contributed by atoms with E-state index in [0.717, 1.165) is 38.7 Å². The average molecular weight is 343 g/mol. The minimum absolute atomic E-state index is 0.168. The molecule has 1 aliphatic rings. The molecule has 0 amide bonds. The van der Waals surface area contributed by atoms with E-state index in [9.17, 15) is 0 Å². The molecular weight excluding hydrogens is 316 g/mol. The molecule has 24 heavy (non-hydrogen) atoms. The van der Waals surface area contributed by atoms with E-state index in [-0.39, 0.29) is 6.10 Å². The molecule has 128 valence electrons. The monoisotopic (exact) mass is 342 g/mol. The summed E-state index contributed by atoms with van der Waals surface area (Å²) in [6.45, 7) is 2.45. The lowest BCUT2D eigenvalue weighted by atomic mass is 10.0. The third-order valence-electron chi connectivity index (χ3n) is 4.14. The van der Waals surface area contributed by atoms with Gasteiger partial charge in [-0.3, -0.25) is 0 Å². The molecule has 2 unspecified atom stereocenters. The fourth-order valence-electron chi connectivity index (χ4n) is 2.68. The highest BCUT2D eigenvalue weighted by atomic mass is 28.2. The second-order valence-electron chi connectivity index (χ2n) is 6.20. The summed E-state index contributed by atoms with van der Waals surface area (Å²) in [5, 5.41) is 0. The van der Waals surface area contributed by atoms with Crippen molar-refractivity contribution in [2.24, 2.45) is 0 Å². The highest BCUT2D eigenvalue weighted by Gasteiger charge is 2.21. The zero-order chi connectivity index (χ0) is 16.5. The average Bonchev–Trinajstić information content (AvgIpc) is 3.46. The predicted molar refractivity (Wildman–Crippen MR) is 98.9 cm³/mol. The molecule has 0 radical (unpaired) electrons. The topological polar surface area (TPSA) is 31.0 Å². The van der Waals surface area contributed by atoms with Crippen LogP contribution in [-0.2, 0) is 20.3 Å². The summed E-state index contributed by atoms with van der Waals surface area (Å²) in [6.07, 6.45) is 2.56. The lowest BCUT2D eigenvalue weighted by Gasteiger charge is -2.19. The summed E-state index contributed by atoms with van der Waals surface area (Å²) in [5.41, 5.74) is 2.60. The van der Waals surface area contributed by atoms with Crippen molar-refractivity contribution in [2.45, 2.75) is 31.1 Å². The zero-order valence-electron chi connectivity index (χ0n) is 14.1. The van der Waals surface area contributed by atoms with E-state index < -0.39 is 9.76 Å². The van der Waals surface area contributed by atoms with E-state index in [4.69, 9.17) is 13.9 Å². The van der Waals surface area contributed by atoms with Crippen molar-refractivity contribution in [2.75, 3.05) is 19.8 Å². The van der Waals surface area contributed by atoms with Crippen LogP contribution >= 0.6 is 0 Å². The Balaban J connectivity index is 1.43. The van der Waals surface area contributed by atoms with Gasteiger partial charge in [-0.2, -0.15) is 0 Å². The summed E-state index contributed by atoms with van der Waals surface area (Å²) in [7, 11) is -0.539. The maximum absolute atomic E-state index is 6.33. The fourth-order valence-corrected chi connectivity index (χ4v) is 3.85. The first-order valence-corrected chi connectivity index (χ1v) is 10.4. The van der Waals surface area contributed by atoms with E-state index in [0.29, 0.717) is 6.10 Å². The molecule has 0 bridgehead atoms. The second kappa shape index (κ2) is 9.74. The molecule has 2 aromatic carbocycles. The Morgan fingerprint density at radius 1 is 1.04 bits per heavy atom. The Kier molecular flexibility index (Phi) is 7.05. The molecule has 1 fully saturated rings. The summed E-state index contributed by atoms with van der Waals surface area (Å²) < 4.78 is 17.0. The Morgan fingerprint density at radius 2 is 1.75 bits per heavy atom. The molecule has 1 aliphatic heterocycles. The normalized spacial score (nSPS) is 18.1. The number of hydrogen-bond donors (Lipinski definition) is 0. The molecule has 3 nitrogen and oxygen atoms in total. The molecule has 3 rings (SSSR count). The van der Waals surface area contributed by atoms with Gasteiger partial charge in [0, 0.05) is 13.0 Å². The smallest absolute Gasteiger partial charge is 0.162 e. The van der Waals surface area contributed by atoms with E-state index in [2.05, 4.69) is 60.7 Å². The van der Waals surface area contributed by atoms with Gasteiger partial charge in [0.25, 0.3) is 0 Å². The minimum Gasteiger partial charge on any atom is -0.417 e. The van der Waals surface area contributed by atoms with E-state index in [1.807, 2.05) is 0 Å². The zero-order valence-corrected chi connectivity index (χ0v) is 15.5. The van der Waals surface area contributed by atoms with E-state index >= 15 is 0 Å². The molecule has 4 heteroatoms. The maximum Gasteiger partial charge on any atom is 0.162 e. The molecule has 0 spiro atoms.